The lowest BCUT2D eigenvalue weighted by Crippen LogP contribution is -2.40. The summed E-state index contributed by atoms with van der Waals surface area (Å²) >= 11 is 0. The molecule has 1 aliphatic rings. The zero-order valence-electron chi connectivity index (χ0n) is 16.2. The largest absolute Gasteiger partial charge is 0.417 e. The van der Waals surface area contributed by atoms with Gasteiger partial charge in [-0.15, -0.1) is 0 Å². The Hall–Kier alpha value is -2.72. The fraction of sp³-hybridized carbons (Fsp3) is 0.421. The van der Waals surface area contributed by atoms with Crippen LogP contribution in [0.1, 0.15) is 35.1 Å². The van der Waals surface area contributed by atoms with Crippen LogP contribution in [0.4, 0.5) is 29.6 Å². The van der Waals surface area contributed by atoms with Crippen LogP contribution in [-0.4, -0.2) is 36.8 Å². The van der Waals surface area contributed by atoms with Gasteiger partial charge in [0, 0.05) is 27.0 Å². The van der Waals surface area contributed by atoms with E-state index in [-0.39, 0.29) is 5.82 Å². The second-order valence-corrected chi connectivity index (χ2v) is 6.59. The van der Waals surface area contributed by atoms with Gasteiger partial charge in [-0.2, -0.15) is 13.2 Å². The number of hydrogen-bond acceptors (Lipinski definition) is 5. The van der Waals surface area contributed by atoms with Crippen LogP contribution in [0.25, 0.3) is 0 Å². The van der Waals surface area contributed by atoms with Crippen molar-refractivity contribution in [3.05, 3.63) is 46.8 Å². The number of nitrogens with zero attached hydrogens (tertiary/aromatic N) is 3. The van der Waals surface area contributed by atoms with Crippen molar-refractivity contribution in [3.63, 3.8) is 0 Å². The van der Waals surface area contributed by atoms with Crippen molar-refractivity contribution in [1.82, 2.24) is 9.97 Å². The van der Waals surface area contributed by atoms with Gasteiger partial charge in [0.05, 0.1) is 5.56 Å². The summed E-state index contributed by atoms with van der Waals surface area (Å²) in [7, 11) is 2.99. The van der Waals surface area contributed by atoms with E-state index >= 15 is 0 Å². The number of fused-ring (bicyclic) bond motifs is 1. The van der Waals surface area contributed by atoms with Gasteiger partial charge in [0.15, 0.2) is 0 Å². The van der Waals surface area contributed by atoms with Gasteiger partial charge < -0.3 is 9.47 Å². The predicted molar refractivity (Wildman–Crippen MR) is 99.7 cm³/mol. The van der Waals surface area contributed by atoms with Gasteiger partial charge >= 0.3 is 12.2 Å². The van der Waals surface area contributed by atoms with Crippen molar-refractivity contribution in [1.29, 1.82) is 0 Å². The highest BCUT2D eigenvalue weighted by Crippen LogP contribution is 2.31. The van der Waals surface area contributed by atoms with Crippen LogP contribution in [0, 0.1) is 6.92 Å². The number of carbonyl (C=O) groups excluding carboxylic acids is 1. The number of anilines is 2. The molecule has 10 heteroatoms. The molecular weight excluding hydrogens is 389 g/mol. The lowest BCUT2D eigenvalue weighted by atomic mass is 10.0. The van der Waals surface area contributed by atoms with E-state index in [0.717, 1.165) is 36.1 Å². The summed E-state index contributed by atoms with van der Waals surface area (Å²) in [5.41, 5.74) is 1.45. The summed E-state index contributed by atoms with van der Waals surface area (Å²) in [5, 5.41) is 2.53. The van der Waals surface area contributed by atoms with E-state index in [4.69, 9.17) is 9.47 Å². The molecule has 0 bridgehead atoms. The van der Waals surface area contributed by atoms with Gasteiger partial charge in [-0.1, -0.05) is 6.07 Å². The first kappa shape index (κ1) is 21.0. The van der Waals surface area contributed by atoms with Gasteiger partial charge in [0.1, 0.15) is 17.3 Å². The SMILES string of the molecule is COC(OC)c1nc2c(cc1C)CCCN2C(=O)Nc1ccc(C(F)(F)F)cn1. The fourth-order valence-electron chi connectivity index (χ4n) is 3.19. The summed E-state index contributed by atoms with van der Waals surface area (Å²) in [6, 6.07) is 3.41. The third kappa shape index (κ3) is 4.48. The highest BCUT2D eigenvalue weighted by atomic mass is 19.4. The molecule has 0 aliphatic carbocycles. The van der Waals surface area contributed by atoms with E-state index in [1.54, 1.807) is 0 Å². The third-order valence-corrected chi connectivity index (χ3v) is 4.61. The standard InChI is InChI=1S/C19H21F3N4O3/c1-11-9-12-5-4-8-26(16(12)25-15(11)17(28-2)29-3)18(27)24-14-7-6-13(10-23-14)19(20,21)22/h6-7,9-10,17H,4-5,8H2,1-3H3,(H,23,24,27). The maximum atomic E-state index is 12.8. The monoisotopic (exact) mass is 410 g/mol. The van der Waals surface area contributed by atoms with E-state index in [1.807, 2.05) is 13.0 Å². The first-order chi connectivity index (χ1) is 13.7. The lowest BCUT2D eigenvalue weighted by Gasteiger charge is -2.30. The van der Waals surface area contributed by atoms with Crippen molar-refractivity contribution in [2.45, 2.75) is 32.2 Å². The first-order valence-corrected chi connectivity index (χ1v) is 8.92. The zero-order valence-corrected chi connectivity index (χ0v) is 16.2. The van der Waals surface area contributed by atoms with Crippen LogP contribution >= 0.6 is 0 Å². The summed E-state index contributed by atoms with van der Waals surface area (Å²) in [5.74, 6) is 0.495. The average molecular weight is 410 g/mol. The van der Waals surface area contributed by atoms with Crippen molar-refractivity contribution < 1.29 is 27.4 Å². The molecule has 0 aromatic carbocycles. The van der Waals surface area contributed by atoms with Gasteiger partial charge in [-0.25, -0.2) is 14.8 Å². The number of carbonyl (C=O) groups is 1. The third-order valence-electron chi connectivity index (χ3n) is 4.61. The van der Waals surface area contributed by atoms with Crippen molar-refractivity contribution in [2.75, 3.05) is 31.0 Å². The van der Waals surface area contributed by atoms with Gasteiger partial charge in [-0.05, 0) is 43.0 Å². The van der Waals surface area contributed by atoms with Crippen LogP contribution in [0.5, 0.6) is 0 Å². The molecule has 0 unspecified atom stereocenters. The number of methoxy groups -OCH3 is 2. The van der Waals surface area contributed by atoms with E-state index in [2.05, 4.69) is 15.3 Å². The molecule has 7 nitrogen and oxygen atoms in total. The molecule has 0 atom stereocenters. The summed E-state index contributed by atoms with van der Waals surface area (Å²) in [6.07, 6.45) is -2.99. The number of amides is 2. The van der Waals surface area contributed by atoms with Gasteiger partial charge in [-0.3, -0.25) is 10.2 Å². The number of urea groups is 1. The summed E-state index contributed by atoms with van der Waals surface area (Å²) < 4.78 is 48.6. The van der Waals surface area contributed by atoms with Crippen molar-refractivity contribution in [2.24, 2.45) is 0 Å². The molecule has 0 spiro atoms. The van der Waals surface area contributed by atoms with Gasteiger partial charge in [0.25, 0.3) is 0 Å². The van der Waals surface area contributed by atoms with Gasteiger partial charge in [0.2, 0.25) is 6.29 Å². The molecule has 3 heterocycles. The number of pyridine rings is 2. The normalized spacial score (nSPS) is 14.1. The van der Waals surface area contributed by atoms with E-state index in [9.17, 15) is 18.0 Å². The molecule has 1 aliphatic heterocycles. The predicted octanol–water partition coefficient (Wildman–Crippen LogP) is 4.08. The number of alkyl halides is 3. The second-order valence-electron chi connectivity index (χ2n) is 6.59. The highest BCUT2D eigenvalue weighted by Gasteiger charge is 2.31. The Morgan fingerprint density at radius 1 is 1.28 bits per heavy atom. The van der Waals surface area contributed by atoms with E-state index in [1.165, 1.54) is 19.1 Å². The maximum absolute atomic E-state index is 12.8. The fourth-order valence-corrected chi connectivity index (χ4v) is 3.19. The molecule has 0 fully saturated rings. The Balaban J connectivity index is 1.85. The average Bonchev–Trinajstić information content (AvgIpc) is 2.68. The van der Waals surface area contributed by atoms with E-state index < -0.39 is 24.1 Å². The number of halogens is 3. The van der Waals surface area contributed by atoms with Crippen LogP contribution in [-0.2, 0) is 22.1 Å². The minimum Gasteiger partial charge on any atom is -0.350 e. The highest BCUT2D eigenvalue weighted by molar-refractivity contribution is 6.01. The van der Waals surface area contributed by atoms with Crippen LogP contribution in [0.15, 0.2) is 24.4 Å². The molecule has 0 radical (unpaired) electrons. The number of ether oxygens (including phenoxy) is 2. The van der Waals surface area contributed by atoms with Crippen LogP contribution in [0.2, 0.25) is 0 Å². The summed E-state index contributed by atoms with van der Waals surface area (Å²) in [6.45, 7) is 2.30. The molecule has 0 saturated carbocycles. The lowest BCUT2D eigenvalue weighted by molar-refractivity contribution is -0.137. The van der Waals surface area contributed by atoms with Crippen molar-refractivity contribution in [3.8, 4) is 0 Å². The minimum atomic E-state index is -4.49. The zero-order chi connectivity index (χ0) is 21.2. The number of nitrogens with one attached hydrogen (secondary N) is 1. The van der Waals surface area contributed by atoms with Crippen LogP contribution < -0.4 is 10.2 Å². The molecule has 156 valence electrons. The number of rotatable bonds is 4. The first-order valence-electron chi connectivity index (χ1n) is 8.92. The molecule has 3 rings (SSSR count). The molecular formula is C19H21F3N4O3. The molecule has 2 aromatic heterocycles. The molecule has 1 N–H and O–H groups in total. The Labute approximate surface area is 165 Å². The number of aryl methyl sites for hydroxylation is 2. The Bertz CT molecular complexity index is 884. The molecule has 29 heavy (non-hydrogen) atoms. The Morgan fingerprint density at radius 2 is 2.00 bits per heavy atom. The maximum Gasteiger partial charge on any atom is 0.417 e. The Kier molecular flexibility index (Phi) is 6.04. The molecule has 2 aromatic rings. The summed E-state index contributed by atoms with van der Waals surface area (Å²) in [4.78, 5) is 22.5. The minimum absolute atomic E-state index is 0.0223. The molecule has 2 amide bonds. The second kappa shape index (κ2) is 8.34. The van der Waals surface area contributed by atoms with E-state index in [0.29, 0.717) is 24.3 Å². The van der Waals surface area contributed by atoms with Crippen LogP contribution in [0.3, 0.4) is 0 Å². The number of hydrogen-bond donors (Lipinski definition) is 1. The smallest absolute Gasteiger partial charge is 0.350 e. The number of aromatic nitrogens is 2. The van der Waals surface area contributed by atoms with Crippen molar-refractivity contribution >= 4 is 17.7 Å². The Morgan fingerprint density at radius 3 is 2.59 bits per heavy atom. The molecule has 0 saturated heterocycles. The quantitative estimate of drug-likeness (QED) is 0.769. The topological polar surface area (TPSA) is 76.6 Å².